The molecule has 2 aromatic rings. The number of nitrogens with two attached hydrogens (primary N) is 1. The van der Waals surface area contributed by atoms with Gasteiger partial charge in [0, 0.05) is 12.7 Å². The Hall–Kier alpha value is -1.81. The van der Waals surface area contributed by atoms with Crippen LogP contribution in [0.2, 0.25) is 0 Å². The van der Waals surface area contributed by atoms with Gasteiger partial charge < -0.3 is 10.8 Å². The van der Waals surface area contributed by atoms with Crippen LogP contribution in [0.15, 0.2) is 30.6 Å². The van der Waals surface area contributed by atoms with Gasteiger partial charge in [-0.25, -0.2) is 4.68 Å². The minimum Gasteiger partial charge on any atom is -0.506 e. The van der Waals surface area contributed by atoms with Gasteiger partial charge in [-0.15, -0.1) is 0 Å². The van der Waals surface area contributed by atoms with Gasteiger partial charge in [0.25, 0.3) is 0 Å². The molecule has 1 aromatic heterocycles. The average Bonchev–Trinajstić information content (AvgIpc) is 2.65. The molecule has 0 spiro atoms. The van der Waals surface area contributed by atoms with Crippen molar-refractivity contribution in [3.05, 3.63) is 41.7 Å². The van der Waals surface area contributed by atoms with Gasteiger partial charge in [0.2, 0.25) is 0 Å². The molecule has 0 bridgehead atoms. The third kappa shape index (κ3) is 1.85. The fourth-order valence-corrected chi connectivity index (χ4v) is 1.42. The highest BCUT2D eigenvalue weighted by molar-refractivity contribution is 5.47. The van der Waals surface area contributed by atoms with Crippen molar-refractivity contribution < 1.29 is 5.11 Å². The lowest BCUT2D eigenvalue weighted by Gasteiger charge is -2.06. The van der Waals surface area contributed by atoms with Crippen molar-refractivity contribution in [2.24, 2.45) is 5.73 Å². The molecule has 0 aliphatic carbocycles. The van der Waals surface area contributed by atoms with E-state index >= 15 is 0 Å². The number of rotatable bonds is 2. The molecule has 2 rings (SSSR count). The van der Waals surface area contributed by atoms with Crippen LogP contribution in [0.1, 0.15) is 11.1 Å². The number of aromatic hydroxyl groups is 1. The van der Waals surface area contributed by atoms with E-state index in [0.717, 1.165) is 11.1 Å². The second-order valence-electron chi connectivity index (χ2n) is 3.49. The summed E-state index contributed by atoms with van der Waals surface area (Å²) in [6.07, 6.45) is 3.60. The number of aryl methyl sites for hydroxylation is 1. The summed E-state index contributed by atoms with van der Waals surface area (Å²) in [6, 6.07) is 5.27. The van der Waals surface area contributed by atoms with Crippen molar-refractivity contribution in [2.75, 3.05) is 0 Å². The van der Waals surface area contributed by atoms with Gasteiger partial charge in [0.05, 0.1) is 6.20 Å². The number of phenols is 1. The van der Waals surface area contributed by atoms with Crippen LogP contribution in [0, 0.1) is 6.92 Å². The maximum Gasteiger partial charge on any atom is 0.141 e. The smallest absolute Gasteiger partial charge is 0.141 e. The molecule has 0 amide bonds. The zero-order valence-corrected chi connectivity index (χ0v) is 8.51. The summed E-state index contributed by atoms with van der Waals surface area (Å²) >= 11 is 0. The number of aromatic nitrogens is 2. The van der Waals surface area contributed by atoms with E-state index in [0.29, 0.717) is 12.2 Å². The molecular weight excluding hydrogens is 190 g/mol. The van der Waals surface area contributed by atoms with E-state index in [2.05, 4.69) is 5.10 Å². The van der Waals surface area contributed by atoms with Gasteiger partial charge in [-0.3, -0.25) is 0 Å². The first kappa shape index (κ1) is 9.73. The molecule has 0 radical (unpaired) electrons. The Kier molecular flexibility index (Phi) is 2.43. The van der Waals surface area contributed by atoms with Crippen LogP contribution in [0.5, 0.6) is 5.75 Å². The summed E-state index contributed by atoms with van der Waals surface area (Å²) < 4.78 is 1.64. The summed E-state index contributed by atoms with van der Waals surface area (Å²) in [5, 5.41) is 13.8. The lowest BCUT2D eigenvalue weighted by atomic mass is 10.2. The molecule has 0 aliphatic heterocycles. The summed E-state index contributed by atoms with van der Waals surface area (Å²) in [7, 11) is 0. The molecule has 1 aromatic carbocycles. The quantitative estimate of drug-likeness (QED) is 0.774. The highest BCUT2D eigenvalue weighted by Gasteiger charge is 2.05. The lowest BCUT2D eigenvalue weighted by molar-refractivity contribution is 0.470. The van der Waals surface area contributed by atoms with Crippen molar-refractivity contribution >= 4 is 0 Å². The normalized spacial score (nSPS) is 10.5. The van der Waals surface area contributed by atoms with Crippen molar-refractivity contribution in [3.63, 3.8) is 0 Å². The molecule has 15 heavy (non-hydrogen) atoms. The van der Waals surface area contributed by atoms with Crippen LogP contribution in [-0.2, 0) is 6.54 Å². The Morgan fingerprint density at radius 3 is 2.87 bits per heavy atom. The number of hydrogen-bond acceptors (Lipinski definition) is 3. The Balaban J connectivity index is 2.51. The molecule has 4 nitrogen and oxygen atoms in total. The maximum absolute atomic E-state index is 9.69. The summed E-state index contributed by atoms with van der Waals surface area (Å²) in [5.74, 6) is 0.204. The maximum atomic E-state index is 9.69. The molecule has 1 heterocycles. The first-order valence-electron chi connectivity index (χ1n) is 4.74. The van der Waals surface area contributed by atoms with Gasteiger partial charge in [-0.05, 0) is 30.2 Å². The predicted octanol–water partition coefficient (Wildman–Crippen LogP) is 1.35. The minimum absolute atomic E-state index is 0.204. The molecule has 3 N–H and O–H groups in total. The van der Waals surface area contributed by atoms with Crippen LogP contribution in [-0.4, -0.2) is 14.9 Å². The highest BCUT2D eigenvalue weighted by atomic mass is 16.3. The number of hydrogen-bond donors (Lipinski definition) is 2. The first-order valence-corrected chi connectivity index (χ1v) is 4.74. The van der Waals surface area contributed by atoms with Crippen molar-refractivity contribution in [1.29, 1.82) is 0 Å². The monoisotopic (exact) mass is 203 g/mol. The van der Waals surface area contributed by atoms with Crippen LogP contribution in [0.4, 0.5) is 0 Å². The van der Waals surface area contributed by atoms with Gasteiger partial charge >= 0.3 is 0 Å². The zero-order chi connectivity index (χ0) is 10.8. The second-order valence-corrected chi connectivity index (χ2v) is 3.49. The number of nitrogens with zero attached hydrogens (tertiary/aromatic N) is 2. The summed E-state index contributed by atoms with van der Waals surface area (Å²) in [4.78, 5) is 0. The molecule has 4 heteroatoms. The third-order valence-electron chi connectivity index (χ3n) is 2.23. The lowest BCUT2D eigenvalue weighted by Crippen LogP contribution is -2.00. The van der Waals surface area contributed by atoms with E-state index in [4.69, 9.17) is 5.73 Å². The molecule has 0 saturated carbocycles. The Bertz CT molecular complexity index is 476. The highest BCUT2D eigenvalue weighted by Crippen LogP contribution is 2.22. The van der Waals surface area contributed by atoms with Crippen LogP contribution < -0.4 is 5.73 Å². The van der Waals surface area contributed by atoms with Crippen molar-refractivity contribution in [2.45, 2.75) is 13.5 Å². The SMILES string of the molecule is Cc1cnn(-c2cc(CN)ccc2O)c1. The summed E-state index contributed by atoms with van der Waals surface area (Å²) in [6.45, 7) is 2.40. The fraction of sp³-hybridized carbons (Fsp3) is 0.182. The largest absolute Gasteiger partial charge is 0.506 e. The van der Waals surface area contributed by atoms with E-state index in [9.17, 15) is 5.11 Å². The number of phenolic OH excluding ortho intramolecular Hbond substituents is 1. The van der Waals surface area contributed by atoms with Gasteiger partial charge in [-0.2, -0.15) is 5.10 Å². The predicted molar refractivity (Wildman–Crippen MR) is 57.9 cm³/mol. The average molecular weight is 203 g/mol. The molecule has 78 valence electrons. The first-order chi connectivity index (χ1) is 7.20. The van der Waals surface area contributed by atoms with Gasteiger partial charge in [0.1, 0.15) is 11.4 Å². The van der Waals surface area contributed by atoms with E-state index in [-0.39, 0.29) is 5.75 Å². The Morgan fingerprint density at radius 1 is 1.47 bits per heavy atom. The topological polar surface area (TPSA) is 64.1 Å². The van der Waals surface area contributed by atoms with Gasteiger partial charge in [-0.1, -0.05) is 6.07 Å². The van der Waals surface area contributed by atoms with Crippen LogP contribution in [0.25, 0.3) is 5.69 Å². The summed E-state index contributed by atoms with van der Waals surface area (Å²) in [5.41, 5.74) is 8.22. The van der Waals surface area contributed by atoms with E-state index in [1.165, 1.54) is 0 Å². The standard InChI is InChI=1S/C11H13N3O/c1-8-6-13-14(7-8)10-4-9(5-12)2-3-11(10)15/h2-4,6-7,15H,5,12H2,1H3. The molecule has 0 fully saturated rings. The minimum atomic E-state index is 0.204. The fourth-order valence-electron chi connectivity index (χ4n) is 1.42. The van der Waals surface area contributed by atoms with Gasteiger partial charge in [0.15, 0.2) is 0 Å². The van der Waals surface area contributed by atoms with Crippen LogP contribution >= 0.6 is 0 Å². The Labute approximate surface area is 88.0 Å². The van der Waals surface area contributed by atoms with E-state index in [1.54, 1.807) is 23.0 Å². The second kappa shape index (κ2) is 3.74. The molecule has 0 aliphatic rings. The molecule has 0 saturated heterocycles. The molecule has 0 atom stereocenters. The molecular formula is C11H13N3O. The molecule has 0 unspecified atom stereocenters. The van der Waals surface area contributed by atoms with Crippen LogP contribution in [0.3, 0.4) is 0 Å². The van der Waals surface area contributed by atoms with E-state index < -0.39 is 0 Å². The van der Waals surface area contributed by atoms with Crippen molar-refractivity contribution in [3.8, 4) is 11.4 Å². The number of benzene rings is 1. The zero-order valence-electron chi connectivity index (χ0n) is 8.51. The Morgan fingerprint density at radius 2 is 2.27 bits per heavy atom. The van der Waals surface area contributed by atoms with Crippen molar-refractivity contribution in [1.82, 2.24) is 9.78 Å². The van der Waals surface area contributed by atoms with E-state index in [1.807, 2.05) is 19.2 Å². The third-order valence-corrected chi connectivity index (χ3v) is 2.23.